The summed E-state index contributed by atoms with van der Waals surface area (Å²) in [4.78, 5) is 46.8. The van der Waals surface area contributed by atoms with Crippen LogP contribution in [0.1, 0.15) is 24.1 Å². The Morgan fingerprint density at radius 1 is 0.975 bits per heavy atom. The van der Waals surface area contributed by atoms with Gasteiger partial charge in [0.1, 0.15) is 11.0 Å². The number of amides is 3. The van der Waals surface area contributed by atoms with Gasteiger partial charge >= 0.3 is 6.09 Å². The van der Waals surface area contributed by atoms with Crippen molar-refractivity contribution in [2.75, 3.05) is 23.7 Å². The number of pyridine rings is 1. The predicted octanol–water partition coefficient (Wildman–Crippen LogP) is 3.91. The number of carbonyl (C=O) groups excluding carboxylic acids is 2. The van der Waals surface area contributed by atoms with Gasteiger partial charge in [-0.15, -0.1) is 0 Å². The maximum atomic E-state index is 14.2. The number of hydrogen-bond acceptors (Lipinski definition) is 5. The number of nitrogens with two attached hydrogens (primary N) is 1. The molecule has 0 radical (unpaired) electrons. The molecule has 3 aliphatic rings. The molecular weight excluding hydrogens is 506 g/mol. The number of hydrogen-bond donors (Lipinski definition) is 3. The van der Waals surface area contributed by atoms with E-state index in [1.165, 1.54) is 0 Å². The molecule has 3 aromatic carbocycles. The zero-order valence-corrected chi connectivity index (χ0v) is 21.6. The molecule has 40 heavy (non-hydrogen) atoms. The summed E-state index contributed by atoms with van der Waals surface area (Å²) in [5, 5.41) is 13.6. The minimum Gasteiger partial charge on any atom is -0.465 e. The van der Waals surface area contributed by atoms with E-state index in [0.717, 1.165) is 38.8 Å². The molecule has 2 aliphatic heterocycles. The molecule has 1 aliphatic carbocycles. The predicted molar refractivity (Wildman–Crippen MR) is 151 cm³/mol. The molecule has 9 nitrogen and oxygen atoms in total. The molecule has 0 bridgehead atoms. The molecule has 9 heteroatoms. The molecule has 1 spiro atoms. The van der Waals surface area contributed by atoms with Crippen LogP contribution in [0.2, 0.25) is 0 Å². The summed E-state index contributed by atoms with van der Waals surface area (Å²) in [6.07, 6.45) is 1.57. The van der Waals surface area contributed by atoms with Crippen molar-refractivity contribution in [3.8, 4) is 11.1 Å². The van der Waals surface area contributed by atoms with E-state index in [1.807, 2.05) is 72.9 Å². The lowest BCUT2D eigenvalue weighted by atomic mass is 9.74. The van der Waals surface area contributed by atoms with E-state index in [0.29, 0.717) is 18.5 Å². The fourth-order valence-electron chi connectivity index (χ4n) is 6.28. The van der Waals surface area contributed by atoms with E-state index in [-0.39, 0.29) is 31.4 Å². The largest absolute Gasteiger partial charge is 0.465 e. The van der Waals surface area contributed by atoms with Crippen LogP contribution in [-0.4, -0.2) is 51.5 Å². The zero-order valence-electron chi connectivity index (χ0n) is 21.6. The molecule has 2 fully saturated rings. The number of para-hydroxylation sites is 1. The fraction of sp³-hybridized carbons (Fsp3) is 0.226. The van der Waals surface area contributed by atoms with Gasteiger partial charge in [0, 0.05) is 41.6 Å². The highest BCUT2D eigenvalue weighted by Gasteiger charge is 2.63. The van der Waals surface area contributed by atoms with Crippen molar-refractivity contribution in [1.29, 1.82) is 0 Å². The number of carboxylic acid groups (broad SMARTS) is 1. The Balaban J connectivity index is 1.24. The Labute approximate surface area is 230 Å². The number of anilines is 2. The van der Waals surface area contributed by atoms with Crippen LogP contribution < -0.4 is 16.0 Å². The van der Waals surface area contributed by atoms with Gasteiger partial charge in [0.25, 0.3) is 0 Å². The molecule has 1 saturated heterocycles. The molecule has 1 aromatic heterocycles. The summed E-state index contributed by atoms with van der Waals surface area (Å²) >= 11 is 0. The lowest BCUT2D eigenvalue weighted by Gasteiger charge is -2.48. The standard InChI is InChI=1S/C31H27N5O4/c32-21-11-9-19(10-12-21)26-22-6-2-1-5-20(22)15-33-24(26)16-36-25-8-4-3-7-23(25)30(27(36)37)17-35(18-30)28(38)31(13-14-31)34-29(39)40/h1-12,15,34H,13-14,16-18,32H2,(H,39,40). The second kappa shape index (κ2) is 8.54. The number of nitrogens with zero attached hydrogens (tertiary/aromatic N) is 3. The molecule has 1 saturated carbocycles. The van der Waals surface area contributed by atoms with Gasteiger partial charge in [0.15, 0.2) is 0 Å². The molecule has 4 aromatic rings. The normalized spacial score (nSPS) is 17.9. The van der Waals surface area contributed by atoms with Crippen LogP contribution in [0.4, 0.5) is 16.2 Å². The lowest BCUT2D eigenvalue weighted by molar-refractivity contribution is -0.146. The van der Waals surface area contributed by atoms with E-state index in [9.17, 15) is 19.5 Å². The molecule has 0 unspecified atom stereocenters. The van der Waals surface area contributed by atoms with E-state index in [2.05, 4.69) is 11.4 Å². The molecule has 3 amide bonds. The van der Waals surface area contributed by atoms with E-state index >= 15 is 0 Å². The average Bonchev–Trinajstić information content (AvgIpc) is 3.66. The highest BCUT2D eigenvalue weighted by Crippen LogP contribution is 2.50. The lowest BCUT2D eigenvalue weighted by Crippen LogP contribution is -2.68. The highest BCUT2D eigenvalue weighted by atomic mass is 16.4. The maximum Gasteiger partial charge on any atom is 0.405 e. The number of nitrogens with one attached hydrogen (secondary N) is 1. The number of fused-ring (bicyclic) bond motifs is 3. The van der Waals surface area contributed by atoms with E-state index < -0.39 is 17.0 Å². The number of rotatable bonds is 5. The summed E-state index contributed by atoms with van der Waals surface area (Å²) in [7, 11) is 0. The van der Waals surface area contributed by atoms with Gasteiger partial charge < -0.3 is 26.0 Å². The highest BCUT2D eigenvalue weighted by molar-refractivity contribution is 6.11. The van der Waals surface area contributed by atoms with Crippen LogP contribution in [0.15, 0.2) is 79.0 Å². The molecule has 4 N–H and O–H groups in total. The van der Waals surface area contributed by atoms with Crippen LogP contribution in [0, 0.1) is 0 Å². The smallest absolute Gasteiger partial charge is 0.405 e. The van der Waals surface area contributed by atoms with Crippen molar-refractivity contribution in [3.05, 3.63) is 90.3 Å². The van der Waals surface area contributed by atoms with Crippen molar-refractivity contribution < 1.29 is 19.5 Å². The van der Waals surface area contributed by atoms with Crippen molar-refractivity contribution >= 4 is 40.1 Å². The van der Waals surface area contributed by atoms with Gasteiger partial charge in [-0.1, -0.05) is 54.6 Å². The Morgan fingerprint density at radius 2 is 1.68 bits per heavy atom. The first-order valence-corrected chi connectivity index (χ1v) is 13.3. The number of aromatic nitrogens is 1. The quantitative estimate of drug-likeness (QED) is 0.334. The van der Waals surface area contributed by atoms with Crippen molar-refractivity contribution in [2.45, 2.75) is 30.3 Å². The zero-order chi connectivity index (χ0) is 27.6. The molecule has 200 valence electrons. The molecular formula is C31H27N5O4. The Kier molecular flexibility index (Phi) is 5.15. The Bertz CT molecular complexity index is 1710. The number of benzene rings is 3. The van der Waals surface area contributed by atoms with Gasteiger partial charge in [-0.3, -0.25) is 14.6 Å². The second-order valence-electron chi connectivity index (χ2n) is 11.0. The minimum absolute atomic E-state index is 0.0768. The molecule has 0 atom stereocenters. The maximum absolute atomic E-state index is 14.2. The fourth-order valence-corrected chi connectivity index (χ4v) is 6.28. The van der Waals surface area contributed by atoms with Gasteiger partial charge in [-0.2, -0.15) is 0 Å². The van der Waals surface area contributed by atoms with Gasteiger partial charge in [0.05, 0.1) is 12.2 Å². The van der Waals surface area contributed by atoms with E-state index in [1.54, 1.807) is 9.80 Å². The van der Waals surface area contributed by atoms with E-state index in [4.69, 9.17) is 10.7 Å². The Morgan fingerprint density at radius 3 is 2.40 bits per heavy atom. The number of likely N-dealkylation sites (tertiary alicyclic amines) is 1. The summed E-state index contributed by atoms with van der Waals surface area (Å²) < 4.78 is 0. The topological polar surface area (TPSA) is 129 Å². The Hall–Kier alpha value is -4.92. The molecule has 7 rings (SSSR count). The van der Waals surface area contributed by atoms with Crippen molar-refractivity contribution in [3.63, 3.8) is 0 Å². The summed E-state index contributed by atoms with van der Waals surface area (Å²) in [5.74, 6) is -0.335. The van der Waals surface area contributed by atoms with Gasteiger partial charge in [0.2, 0.25) is 11.8 Å². The monoisotopic (exact) mass is 533 g/mol. The van der Waals surface area contributed by atoms with Gasteiger partial charge in [-0.25, -0.2) is 4.79 Å². The summed E-state index contributed by atoms with van der Waals surface area (Å²) in [6.45, 7) is 0.703. The molecule has 3 heterocycles. The first-order valence-electron chi connectivity index (χ1n) is 13.3. The average molecular weight is 534 g/mol. The first-order chi connectivity index (χ1) is 19.3. The van der Waals surface area contributed by atoms with Crippen molar-refractivity contribution in [2.24, 2.45) is 0 Å². The second-order valence-corrected chi connectivity index (χ2v) is 11.0. The van der Waals surface area contributed by atoms with Gasteiger partial charge in [-0.05, 0) is 47.6 Å². The number of nitrogen functional groups attached to an aromatic ring is 1. The minimum atomic E-state index is -1.21. The van der Waals surface area contributed by atoms with Crippen LogP contribution in [-0.2, 0) is 21.5 Å². The van der Waals surface area contributed by atoms with Crippen LogP contribution in [0.3, 0.4) is 0 Å². The van der Waals surface area contributed by atoms with Crippen LogP contribution >= 0.6 is 0 Å². The third-order valence-corrected chi connectivity index (χ3v) is 8.46. The first kappa shape index (κ1) is 24.1. The SMILES string of the molecule is Nc1ccc(-c2c(CN3C(=O)C4(CN(C(=O)C5(NC(=O)O)CC5)C4)c4ccccc43)ncc3ccccc23)cc1. The van der Waals surface area contributed by atoms with Crippen molar-refractivity contribution in [1.82, 2.24) is 15.2 Å². The summed E-state index contributed by atoms with van der Waals surface area (Å²) in [5.41, 5.74) is 9.08. The third kappa shape index (κ3) is 3.54. The van der Waals surface area contributed by atoms with Crippen LogP contribution in [0.25, 0.3) is 21.9 Å². The summed E-state index contributed by atoms with van der Waals surface area (Å²) in [6, 6.07) is 23.4. The third-order valence-electron chi connectivity index (χ3n) is 8.46. The number of carbonyl (C=O) groups is 3. The van der Waals surface area contributed by atoms with Crippen LogP contribution in [0.5, 0.6) is 0 Å².